The van der Waals surface area contributed by atoms with Crippen LogP contribution in [0, 0.1) is 0 Å². The van der Waals surface area contributed by atoms with E-state index in [-0.39, 0.29) is 11.3 Å². The standard InChI is InChI=1S/C24H24N2O5/c1-25(2)12-13-26-21(15-8-10-17(30-3)11-9-15)20(23(28)24(26)29)22(27)19-14-16-6-4-5-7-18(16)31-19/h4-11,14,21,28H,12-13H2,1-3H3/p+1/t21-/m1/s1. The van der Waals surface area contributed by atoms with Crippen LogP contribution in [0.3, 0.4) is 0 Å². The lowest BCUT2D eigenvalue weighted by molar-refractivity contribution is -0.857. The second kappa shape index (κ2) is 8.28. The molecule has 0 bridgehead atoms. The van der Waals surface area contributed by atoms with Gasteiger partial charge in [-0.2, -0.15) is 0 Å². The molecule has 1 atom stereocenters. The number of carbonyl (C=O) groups is 2. The lowest BCUT2D eigenvalue weighted by Crippen LogP contribution is -3.06. The van der Waals surface area contributed by atoms with Gasteiger partial charge in [-0.3, -0.25) is 9.59 Å². The van der Waals surface area contributed by atoms with Gasteiger partial charge in [0.1, 0.15) is 11.3 Å². The number of nitrogens with zero attached hydrogens (tertiary/aromatic N) is 1. The van der Waals surface area contributed by atoms with Crippen molar-refractivity contribution in [3.05, 3.63) is 77.3 Å². The minimum Gasteiger partial charge on any atom is -0.503 e. The topological polar surface area (TPSA) is 84.4 Å². The maximum Gasteiger partial charge on any atom is 0.290 e. The summed E-state index contributed by atoms with van der Waals surface area (Å²) in [6, 6.07) is 15.4. The van der Waals surface area contributed by atoms with Crippen molar-refractivity contribution in [3.8, 4) is 5.75 Å². The number of carbonyl (C=O) groups excluding carboxylic acids is 2. The van der Waals surface area contributed by atoms with Crippen LogP contribution in [0.1, 0.15) is 22.2 Å². The van der Waals surface area contributed by atoms with Crippen molar-refractivity contribution in [1.29, 1.82) is 0 Å². The van der Waals surface area contributed by atoms with E-state index in [1.807, 2.05) is 32.3 Å². The lowest BCUT2D eigenvalue weighted by Gasteiger charge is -2.27. The van der Waals surface area contributed by atoms with Gasteiger partial charge in [-0.15, -0.1) is 0 Å². The van der Waals surface area contributed by atoms with E-state index in [2.05, 4.69) is 0 Å². The molecule has 160 valence electrons. The Morgan fingerprint density at radius 2 is 1.87 bits per heavy atom. The molecule has 2 heterocycles. The second-order valence-electron chi connectivity index (χ2n) is 7.87. The van der Waals surface area contributed by atoms with Gasteiger partial charge in [0.15, 0.2) is 11.5 Å². The third-order valence-electron chi connectivity index (χ3n) is 5.48. The molecular weight excluding hydrogens is 396 g/mol. The second-order valence-corrected chi connectivity index (χ2v) is 7.87. The van der Waals surface area contributed by atoms with Crippen molar-refractivity contribution in [3.63, 3.8) is 0 Å². The molecule has 0 aliphatic carbocycles. The number of ketones is 1. The monoisotopic (exact) mass is 421 g/mol. The van der Waals surface area contributed by atoms with Crippen molar-refractivity contribution < 1.29 is 28.7 Å². The summed E-state index contributed by atoms with van der Waals surface area (Å²) in [4.78, 5) is 29.1. The van der Waals surface area contributed by atoms with Crippen LogP contribution in [0.2, 0.25) is 0 Å². The molecule has 1 aliphatic heterocycles. The Morgan fingerprint density at radius 1 is 1.16 bits per heavy atom. The summed E-state index contributed by atoms with van der Waals surface area (Å²) in [6.07, 6.45) is 0. The first-order chi connectivity index (χ1) is 14.9. The zero-order chi connectivity index (χ0) is 22.1. The molecule has 1 amide bonds. The van der Waals surface area contributed by atoms with Crippen LogP contribution in [-0.4, -0.2) is 56.0 Å². The van der Waals surface area contributed by atoms with E-state index >= 15 is 0 Å². The summed E-state index contributed by atoms with van der Waals surface area (Å²) in [5, 5.41) is 11.5. The minimum absolute atomic E-state index is 0.0305. The highest BCUT2D eigenvalue weighted by Crippen LogP contribution is 2.39. The first-order valence-corrected chi connectivity index (χ1v) is 10.1. The number of fused-ring (bicyclic) bond motifs is 1. The molecule has 2 N–H and O–H groups in total. The van der Waals surface area contributed by atoms with Crippen LogP contribution in [0.15, 0.2) is 70.3 Å². The zero-order valence-electron chi connectivity index (χ0n) is 17.7. The fourth-order valence-corrected chi connectivity index (χ4v) is 3.82. The molecule has 31 heavy (non-hydrogen) atoms. The molecule has 1 aromatic heterocycles. The van der Waals surface area contributed by atoms with Crippen molar-refractivity contribution in [2.75, 3.05) is 34.3 Å². The largest absolute Gasteiger partial charge is 0.503 e. The fraction of sp³-hybridized carbons (Fsp3) is 0.250. The number of methoxy groups -OCH3 is 1. The SMILES string of the molecule is COc1ccc([C@@H]2C(C(=O)c3cc4ccccc4o3)=C(O)C(=O)N2CC[NH+](C)C)cc1. The Kier molecular flexibility index (Phi) is 5.52. The summed E-state index contributed by atoms with van der Waals surface area (Å²) in [5.74, 6) is -0.825. The van der Waals surface area contributed by atoms with Gasteiger partial charge < -0.3 is 24.1 Å². The number of hydrogen-bond acceptors (Lipinski definition) is 5. The quantitative estimate of drug-likeness (QED) is 0.571. The van der Waals surface area contributed by atoms with Crippen LogP contribution in [0.25, 0.3) is 11.0 Å². The van der Waals surface area contributed by atoms with Crippen molar-refractivity contribution >= 4 is 22.7 Å². The van der Waals surface area contributed by atoms with Gasteiger partial charge in [0, 0.05) is 5.39 Å². The van der Waals surface area contributed by atoms with Gasteiger partial charge in [-0.05, 0) is 29.8 Å². The molecule has 2 aromatic carbocycles. The molecule has 0 fully saturated rings. The minimum atomic E-state index is -0.710. The maximum absolute atomic E-state index is 13.4. The van der Waals surface area contributed by atoms with Gasteiger partial charge in [0.05, 0.1) is 45.9 Å². The highest BCUT2D eigenvalue weighted by Gasteiger charge is 2.44. The number of para-hydroxylation sites is 1. The smallest absolute Gasteiger partial charge is 0.290 e. The Bertz CT molecular complexity index is 1130. The zero-order valence-corrected chi connectivity index (χ0v) is 17.7. The predicted octanol–water partition coefficient (Wildman–Crippen LogP) is 2.16. The first-order valence-electron chi connectivity index (χ1n) is 10.1. The number of amides is 1. The predicted molar refractivity (Wildman–Crippen MR) is 115 cm³/mol. The molecule has 0 spiro atoms. The molecule has 7 heteroatoms. The molecule has 0 saturated carbocycles. The molecule has 1 aliphatic rings. The van der Waals surface area contributed by atoms with Gasteiger partial charge in [-0.1, -0.05) is 30.3 Å². The molecule has 3 aromatic rings. The number of rotatable bonds is 7. The number of ether oxygens (including phenoxy) is 1. The fourth-order valence-electron chi connectivity index (χ4n) is 3.82. The number of likely N-dealkylation sites (N-methyl/N-ethyl adjacent to an activating group) is 1. The average molecular weight is 421 g/mol. The number of nitrogens with one attached hydrogen (secondary N) is 1. The highest BCUT2D eigenvalue weighted by atomic mass is 16.5. The van der Waals surface area contributed by atoms with Gasteiger partial charge in [-0.25, -0.2) is 0 Å². The van der Waals surface area contributed by atoms with Crippen molar-refractivity contribution in [1.82, 2.24) is 4.90 Å². The van der Waals surface area contributed by atoms with Crippen molar-refractivity contribution in [2.24, 2.45) is 0 Å². The number of benzene rings is 2. The average Bonchev–Trinajstić information content (AvgIpc) is 3.31. The van der Waals surface area contributed by atoms with E-state index in [1.165, 1.54) is 0 Å². The third-order valence-corrected chi connectivity index (χ3v) is 5.48. The summed E-state index contributed by atoms with van der Waals surface area (Å²) in [6.45, 7) is 1.05. The van der Waals surface area contributed by atoms with E-state index in [0.29, 0.717) is 30.0 Å². The van der Waals surface area contributed by atoms with E-state index in [1.54, 1.807) is 48.4 Å². The molecule has 0 saturated heterocycles. The molecule has 0 radical (unpaired) electrons. The van der Waals surface area contributed by atoms with E-state index in [4.69, 9.17) is 9.15 Å². The molecule has 0 unspecified atom stereocenters. The van der Waals surface area contributed by atoms with Crippen LogP contribution >= 0.6 is 0 Å². The summed E-state index contributed by atoms with van der Waals surface area (Å²) >= 11 is 0. The van der Waals surface area contributed by atoms with Gasteiger partial charge in [0.2, 0.25) is 5.78 Å². The van der Waals surface area contributed by atoms with Crippen LogP contribution in [0.5, 0.6) is 5.75 Å². The Labute approximate surface area is 180 Å². The molecular formula is C24H25N2O5+. The van der Waals surface area contributed by atoms with Crippen LogP contribution in [0.4, 0.5) is 0 Å². The number of quaternary nitrogens is 1. The number of furan rings is 1. The van der Waals surface area contributed by atoms with E-state index < -0.39 is 23.5 Å². The summed E-state index contributed by atoms with van der Waals surface area (Å²) in [7, 11) is 5.54. The van der Waals surface area contributed by atoms with E-state index in [9.17, 15) is 14.7 Å². The maximum atomic E-state index is 13.4. The number of Topliss-reactive ketones (excluding diaryl/α,β-unsaturated/α-hetero) is 1. The number of hydrogen-bond donors (Lipinski definition) is 2. The normalized spacial score (nSPS) is 16.6. The molecule has 7 nitrogen and oxygen atoms in total. The van der Waals surface area contributed by atoms with Crippen LogP contribution < -0.4 is 9.64 Å². The van der Waals surface area contributed by atoms with Crippen molar-refractivity contribution in [2.45, 2.75) is 6.04 Å². The third kappa shape index (κ3) is 3.80. The van der Waals surface area contributed by atoms with Gasteiger partial charge >= 0.3 is 0 Å². The number of aliphatic hydroxyl groups is 1. The van der Waals surface area contributed by atoms with Crippen LogP contribution in [-0.2, 0) is 4.79 Å². The molecule has 4 rings (SSSR count). The first kappa shape index (κ1) is 20.7. The Balaban J connectivity index is 1.77. The number of aliphatic hydroxyl groups excluding tert-OH is 1. The summed E-state index contributed by atoms with van der Waals surface area (Å²) < 4.78 is 11.0. The van der Waals surface area contributed by atoms with E-state index in [0.717, 1.165) is 10.3 Å². The Morgan fingerprint density at radius 3 is 2.52 bits per heavy atom. The summed E-state index contributed by atoms with van der Waals surface area (Å²) in [5.41, 5.74) is 1.32. The lowest BCUT2D eigenvalue weighted by atomic mass is 9.95. The highest BCUT2D eigenvalue weighted by molar-refractivity contribution is 6.16. The van der Waals surface area contributed by atoms with Gasteiger partial charge in [0.25, 0.3) is 5.91 Å². The Hall–Kier alpha value is -3.58.